The maximum atomic E-state index is 12.0. The minimum absolute atomic E-state index is 0.0129. The van der Waals surface area contributed by atoms with Crippen molar-refractivity contribution >= 4 is 11.9 Å². The Bertz CT molecular complexity index is 585. The Morgan fingerprint density at radius 3 is 2.62 bits per heavy atom. The second kappa shape index (κ2) is 7.65. The summed E-state index contributed by atoms with van der Waals surface area (Å²) in [7, 11) is 0. The molecule has 0 saturated carbocycles. The van der Waals surface area contributed by atoms with Crippen molar-refractivity contribution in [3.05, 3.63) is 48.6 Å². The van der Waals surface area contributed by atoms with Gasteiger partial charge in [0.15, 0.2) is 0 Å². The number of carbonyl (C=O) groups excluding carboxylic acids is 2. The fraction of sp³-hybridized carbons (Fsp3) is 0.500. The number of ether oxygens (including phenoxy) is 2. The lowest BCUT2D eigenvalue weighted by Crippen LogP contribution is -2.28. The molecule has 24 heavy (non-hydrogen) atoms. The fourth-order valence-electron chi connectivity index (χ4n) is 2.91. The van der Waals surface area contributed by atoms with E-state index in [2.05, 4.69) is 6.58 Å². The highest BCUT2D eigenvalue weighted by Crippen LogP contribution is 2.36. The van der Waals surface area contributed by atoms with Crippen LogP contribution in [0.1, 0.15) is 45.1 Å². The second-order valence-corrected chi connectivity index (χ2v) is 7.25. The molecule has 0 aromatic heterocycles. The summed E-state index contributed by atoms with van der Waals surface area (Å²) in [5.74, 6) is -0.454. The van der Waals surface area contributed by atoms with Gasteiger partial charge in [0.05, 0.1) is 18.4 Å². The Balaban J connectivity index is 2.11. The van der Waals surface area contributed by atoms with Crippen molar-refractivity contribution < 1.29 is 19.1 Å². The first-order valence-electron chi connectivity index (χ1n) is 8.37. The lowest BCUT2D eigenvalue weighted by Gasteiger charge is -2.26. The lowest BCUT2D eigenvalue weighted by atomic mass is 9.84. The summed E-state index contributed by atoms with van der Waals surface area (Å²) in [6.45, 7) is 9.62. The van der Waals surface area contributed by atoms with Crippen LogP contribution >= 0.6 is 0 Å². The average molecular weight is 330 g/mol. The zero-order chi connectivity index (χ0) is 17.7. The molecule has 0 bridgehead atoms. The minimum Gasteiger partial charge on any atom is -0.465 e. The van der Waals surface area contributed by atoms with Crippen LogP contribution in [-0.4, -0.2) is 24.6 Å². The molecule has 2 rings (SSSR count). The molecule has 1 aromatic rings. The van der Waals surface area contributed by atoms with Crippen molar-refractivity contribution in [2.24, 2.45) is 11.3 Å². The van der Waals surface area contributed by atoms with Gasteiger partial charge in [-0.2, -0.15) is 0 Å². The Labute approximate surface area is 143 Å². The van der Waals surface area contributed by atoms with Crippen LogP contribution < -0.4 is 0 Å². The first-order chi connectivity index (χ1) is 11.3. The number of hydrogen-bond acceptors (Lipinski definition) is 4. The molecule has 0 amide bonds. The summed E-state index contributed by atoms with van der Waals surface area (Å²) in [4.78, 5) is 23.7. The van der Waals surface area contributed by atoms with Gasteiger partial charge in [0.25, 0.3) is 0 Å². The van der Waals surface area contributed by atoms with E-state index in [9.17, 15) is 9.59 Å². The molecule has 1 aromatic carbocycles. The van der Waals surface area contributed by atoms with Crippen molar-refractivity contribution in [1.82, 2.24) is 0 Å². The number of esters is 2. The molecule has 1 heterocycles. The Morgan fingerprint density at radius 1 is 1.38 bits per heavy atom. The van der Waals surface area contributed by atoms with Gasteiger partial charge in [0, 0.05) is 11.8 Å². The number of rotatable bonds is 6. The molecular weight excluding hydrogens is 304 g/mol. The van der Waals surface area contributed by atoms with Crippen LogP contribution in [0.3, 0.4) is 0 Å². The third-order valence-electron chi connectivity index (χ3n) is 4.29. The SMILES string of the molecule is C=C[C@@H]1CC(=O)O[C@H]1[C@H](CCOC(=O)C(C)(C)C)c1ccccc1. The van der Waals surface area contributed by atoms with Crippen molar-refractivity contribution in [2.45, 2.75) is 45.6 Å². The molecule has 0 radical (unpaired) electrons. The van der Waals surface area contributed by atoms with Crippen molar-refractivity contribution in [1.29, 1.82) is 0 Å². The first-order valence-corrected chi connectivity index (χ1v) is 8.37. The summed E-state index contributed by atoms with van der Waals surface area (Å²) in [5.41, 5.74) is 0.557. The van der Waals surface area contributed by atoms with Gasteiger partial charge >= 0.3 is 11.9 Å². The van der Waals surface area contributed by atoms with Gasteiger partial charge in [0.1, 0.15) is 6.10 Å². The van der Waals surface area contributed by atoms with E-state index in [4.69, 9.17) is 9.47 Å². The summed E-state index contributed by atoms with van der Waals surface area (Å²) in [6, 6.07) is 9.91. The molecule has 1 fully saturated rings. The van der Waals surface area contributed by atoms with Crippen LogP contribution in [0.5, 0.6) is 0 Å². The second-order valence-electron chi connectivity index (χ2n) is 7.25. The predicted octanol–water partition coefficient (Wildman–Crippen LogP) is 3.87. The molecule has 0 unspecified atom stereocenters. The van der Waals surface area contributed by atoms with Crippen LogP contribution in [0.25, 0.3) is 0 Å². The third kappa shape index (κ3) is 4.47. The molecule has 130 valence electrons. The molecule has 0 N–H and O–H groups in total. The molecule has 1 saturated heterocycles. The average Bonchev–Trinajstić information content (AvgIpc) is 2.92. The zero-order valence-corrected chi connectivity index (χ0v) is 14.7. The van der Waals surface area contributed by atoms with Gasteiger partial charge in [-0.3, -0.25) is 9.59 Å². The van der Waals surface area contributed by atoms with Crippen LogP contribution in [0.2, 0.25) is 0 Å². The number of carbonyl (C=O) groups is 2. The van der Waals surface area contributed by atoms with Crippen LogP contribution in [-0.2, 0) is 19.1 Å². The molecule has 0 spiro atoms. The van der Waals surface area contributed by atoms with E-state index in [1.54, 1.807) is 6.08 Å². The quantitative estimate of drug-likeness (QED) is 0.587. The molecule has 4 heteroatoms. The van der Waals surface area contributed by atoms with Crippen molar-refractivity contribution in [3.63, 3.8) is 0 Å². The highest BCUT2D eigenvalue weighted by atomic mass is 16.6. The third-order valence-corrected chi connectivity index (χ3v) is 4.29. The molecule has 0 aliphatic carbocycles. The zero-order valence-electron chi connectivity index (χ0n) is 14.7. The van der Waals surface area contributed by atoms with Gasteiger partial charge in [-0.05, 0) is 32.8 Å². The van der Waals surface area contributed by atoms with E-state index in [-0.39, 0.29) is 29.9 Å². The Morgan fingerprint density at radius 2 is 2.04 bits per heavy atom. The topological polar surface area (TPSA) is 52.6 Å². The van der Waals surface area contributed by atoms with Gasteiger partial charge in [-0.25, -0.2) is 0 Å². The van der Waals surface area contributed by atoms with Gasteiger partial charge in [-0.15, -0.1) is 6.58 Å². The molecule has 3 atom stereocenters. The minimum atomic E-state index is -0.522. The summed E-state index contributed by atoms with van der Waals surface area (Å²) >= 11 is 0. The monoisotopic (exact) mass is 330 g/mol. The fourth-order valence-corrected chi connectivity index (χ4v) is 2.91. The van der Waals surface area contributed by atoms with Gasteiger partial charge in [-0.1, -0.05) is 36.4 Å². The highest BCUT2D eigenvalue weighted by Gasteiger charge is 2.39. The maximum absolute atomic E-state index is 12.0. The summed E-state index contributed by atoms with van der Waals surface area (Å²) < 4.78 is 11.0. The predicted molar refractivity (Wildman–Crippen MR) is 92.4 cm³/mol. The first kappa shape index (κ1) is 18.2. The summed E-state index contributed by atoms with van der Waals surface area (Å²) in [6.07, 6.45) is 2.49. The Kier molecular flexibility index (Phi) is 5.81. The van der Waals surface area contributed by atoms with E-state index >= 15 is 0 Å². The molecule has 1 aliphatic rings. The van der Waals surface area contributed by atoms with Crippen LogP contribution in [0, 0.1) is 11.3 Å². The standard InChI is InChI=1S/C20H26O4/c1-5-14-13-17(21)24-18(14)16(15-9-7-6-8-10-15)11-12-23-19(22)20(2,3)4/h5-10,14,16,18H,1,11-13H2,2-4H3/t14-,16-,18-/m1/s1. The van der Waals surface area contributed by atoms with Gasteiger partial charge < -0.3 is 9.47 Å². The Hall–Kier alpha value is -2.10. The number of benzene rings is 1. The van der Waals surface area contributed by atoms with E-state index in [0.29, 0.717) is 19.4 Å². The van der Waals surface area contributed by atoms with Crippen LogP contribution in [0.15, 0.2) is 43.0 Å². The van der Waals surface area contributed by atoms with E-state index in [1.165, 1.54) is 0 Å². The van der Waals surface area contributed by atoms with Crippen LogP contribution in [0.4, 0.5) is 0 Å². The number of cyclic esters (lactones) is 1. The van der Waals surface area contributed by atoms with Gasteiger partial charge in [0.2, 0.25) is 0 Å². The number of hydrogen-bond donors (Lipinski definition) is 0. The van der Waals surface area contributed by atoms with E-state index < -0.39 is 5.41 Å². The summed E-state index contributed by atoms with van der Waals surface area (Å²) in [5, 5.41) is 0. The normalized spacial score (nSPS) is 21.9. The van der Waals surface area contributed by atoms with E-state index in [0.717, 1.165) is 5.56 Å². The van der Waals surface area contributed by atoms with Crippen molar-refractivity contribution in [2.75, 3.05) is 6.61 Å². The lowest BCUT2D eigenvalue weighted by molar-refractivity contribution is -0.154. The largest absolute Gasteiger partial charge is 0.465 e. The maximum Gasteiger partial charge on any atom is 0.311 e. The smallest absolute Gasteiger partial charge is 0.311 e. The molecule has 1 aliphatic heterocycles. The molecular formula is C20H26O4. The van der Waals surface area contributed by atoms with E-state index in [1.807, 2.05) is 51.1 Å². The highest BCUT2D eigenvalue weighted by molar-refractivity contribution is 5.75. The molecule has 4 nitrogen and oxygen atoms in total. The van der Waals surface area contributed by atoms with Crippen molar-refractivity contribution in [3.8, 4) is 0 Å².